The lowest BCUT2D eigenvalue weighted by atomic mass is 9.59. The van der Waals surface area contributed by atoms with E-state index in [1.54, 1.807) is 7.11 Å². The number of ether oxygens (including phenoxy) is 2. The van der Waals surface area contributed by atoms with Gasteiger partial charge in [-0.15, -0.1) is 0 Å². The summed E-state index contributed by atoms with van der Waals surface area (Å²) in [4.78, 5) is 18.2. The fraction of sp³-hybridized carbons (Fsp3) is 0.448. The van der Waals surface area contributed by atoms with E-state index in [1.807, 2.05) is 28.8 Å². The van der Waals surface area contributed by atoms with E-state index in [-0.39, 0.29) is 17.1 Å². The monoisotopic (exact) mass is 509 g/mol. The fourth-order valence-electron chi connectivity index (χ4n) is 6.27. The summed E-state index contributed by atoms with van der Waals surface area (Å²) in [6, 6.07) is 13.3. The molecule has 2 bridgehead atoms. The van der Waals surface area contributed by atoms with Crippen LogP contribution >= 0.6 is 0 Å². The lowest BCUT2D eigenvalue weighted by Crippen LogP contribution is -2.39. The number of amides is 1. The molecule has 1 heterocycles. The molecule has 1 aromatic heterocycles. The highest BCUT2D eigenvalue weighted by molar-refractivity contribution is 6.03. The van der Waals surface area contributed by atoms with Crippen LogP contribution in [0.3, 0.4) is 0 Å². The van der Waals surface area contributed by atoms with Crippen molar-refractivity contribution in [1.29, 1.82) is 0 Å². The van der Waals surface area contributed by atoms with Crippen LogP contribution in [-0.4, -0.2) is 29.2 Å². The van der Waals surface area contributed by atoms with Crippen LogP contribution in [0.2, 0.25) is 0 Å². The number of rotatable bonds is 8. The molecule has 0 saturated heterocycles. The van der Waals surface area contributed by atoms with Crippen molar-refractivity contribution in [2.75, 3.05) is 12.4 Å². The van der Waals surface area contributed by atoms with Gasteiger partial charge in [0, 0.05) is 22.9 Å². The van der Waals surface area contributed by atoms with Crippen molar-refractivity contribution in [3.8, 4) is 17.2 Å². The van der Waals surface area contributed by atoms with Crippen LogP contribution in [0.25, 0.3) is 5.69 Å². The maximum Gasteiger partial charge on any atom is 0.387 e. The van der Waals surface area contributed by atoms with E-state index in [2.05, 4.69) is 23.2 Å². The molecule has 1 N–H and O–H groups in total. The lowest BCUT2D eigenvalue weighted by molar-refractivity contribution is -0.0498. The van der Waals surface area contributed by atoms with E-state index in [1.165, 1.54) is 49.9 Å². The molecule has 6 nitrogen and oxygen atoms in total. The predicted molar refractivity (Wildman–Crippen MR) is 138 cm³/mol. The molecule has 2 unspecified atom stereocenters. The SMILES string of the molecule is CCC1(c2cn(-c3ccc(OC)cc3)c(NC(=O)c3ccc(OC(F)F)cc3)n2)CC2CCCC(C2)C1. The van der Waals surface area contributed by atoms with Gasteiger partial charge in [-0.05, 0) is 86.1 Å². The number of halogens is 2. The molecule has 2 fully saturated rings. The van der Waals surface area contributed by atoms with Crippen molar-refractivity contribution in [1.82, 2.24) is 9.55 Å². The summed E-state index contributed by atoms with van der Waals surface area (Å²) in [5.74, 6) is 2.26. The zero-order valence-corrected chi connectivity index (χ0v) is 21.3. The molecule has 2 aliphatic rings. The van der Waals surface area contributed by atoms with Crippen LogP contribution < -0.4 is 14.8 Å². The number of nitrogens with zero attached hydrogens (tertiary/aromatic N) is 2. The Kier molecular flexibility index (Phi) is 7.17. The van der Waals surface area contributed by atoms with Gasteiger partial charge in [0.25, 0.3) is 5.91 Å². The molecule has 0 spiro atoms. The minimum absolute atomic E-state index is 0.00121. The average Bonchev–Trinajstić information content (AvgIpc) is 3.32. The Morgan fingerprint density at radius 2 is 1.73 bits per heavy atom. The van der Waals surface area contributed by atoms with Gasteiger partial charge in [0.1, 0.15) is 11.5 Å². The number of methoxy groups -OCH3 is 1. The molecule has 2 saturated carbocycles. The Balaban J connectivity index is 1.48. The van der Waals surface area contributed by atoms with Gasteiger partial charge in [-0.2, -0.15) is 8.78 Å². The lowest BCUT2D eigenvalue weighted by Gasteiger charge is -2.46. The van der Waals surface area contributed by atoms with Gasteiger partial charge < -0.3 is 9.47 Å². The Morgan fingerprint density at radius 1 is 1.08 bits per heavy atom. The quantitative estimate of drug-likeness (QED) is 0.356. The number of fused-ring (bicyclic) bond motifs is 2. The molecule has 196 valence electrons. The molecule has 0 aliphatic heterocycles. The molecule has 2 atom stereocenters. The van der Waals surface area contributed by atoms with Gasteiger partial charge in [0.05, 0.1) is 12.8 Å². The molecular formula is C29H33F2N3O3. The van der Waals surface area contributed by atoms with Gasteiger partial charge >= 0.3 is 6.61 Å². The van der Waals surface area contributed by atoms with Crippen LogP contribution in [0.5, 0.6) is 11.5 Å². The average molecular weight is 510 g/mol. The summed E-state index contributed by atoms with van der Waals surface area (Å²) in [5.41, 5.74) is 2.18. The number of aromatic nitrogens is 2. The van der Waals surface area contributed by atoms with Gasteiger partial charge in [0.15, 0.2) is 0 Å². The van der Waals surface area contributed by atoms with Gasteiger partial charge in [-0.3, -0.25) is 14.7 Å². The van der Waals surface area contributed by atoms with Gasteiger partial charge in [-0.1, -0.05) is 26.2 Å². The number of alkyl halides is 2. The van der Waals surface area contributed by atoms with Crippen molar-refractivity contribution >= 4 is 11.9 Å². The summed E-state index contributed by atoms with van der Waals surface area (Å²) in [7, 11) is 1.62. The molecule has 1 amide bonds. The van der Waals surface area contributed by atoms with Crippen LogP contribution in [0.15, 0.2) is 54.7 Å². The first-order chi connectivity index (χ1) is 17.9. The van der Waals surface area contributed by atoms with Gasteiger partial charge in [0.2, 0.25) is 5.95 Å². The van der Waals surface area contributed by atoms with Crippen LogP contribution in [0.4, 0.5) is 14.7 Å². The molecule has 2 aliphatic carbocycles. The smallest absolute Gasteiger partial charge is 0.387 e. The Labute approximate surface area is 216 Å². The topological polar surface area (TPSA) is 65.4 Å². The van der Waals surface area contributed by atoms with Crippen molar-refractivity contribution < 1.29 is 23.0 Å². The van der Waals surface area contributed by atoms with Crippen LogP contribution in [-0.2, 0) is 5.41 Å². The number of benzene rings is 2. The summed E-state index contributed by atoms with van der Waals surface area (Å²) >= 11 is 0. The zero-order valence-electron chi connectivity index (χ0n) is 21.3. The third-order valence-corrected chi connectivity index (χ3v) is 8.09. The third-order valence-electron chi connectivity index (χ3n) is 8.09. The second-order valence-electron chi connectivity index (χ2n) is 10.3. The predicted octanol–water partition coefficient (Wildman–Crippen LogP) is 6.98. The number of imidazole rings is 1. The molecule has 3 aromatic rings. The van der Waals surface area contributed by atoms with E-state index < -0.39 is 6.61 Å². The number of anilines is 1. The largest absolute Gasteiger partial charge is 0.497 e. The van der Waals surface area contributed by atoms with E-state index in [0.717, 1.165) is 48.2 Å². The molecule has 2 aromatic carbocycles. The third kappa shape index (κ3) is 5.33. The maximum absolute atomic E-state index is 13.2. The first-order valence-corrected chi connectivity index (χ1v) is 13.0. The van der Waals surface area contributed by atoms with Crippen molar-refractivity contribution in [2.45, 2.75) is 63.9 Å². The fourth-order valence-corrected chi connectivity index (χ4v) is 6.27. The first-order valence-electron chi connectivity index (χ1n) is 13.0. The van der Waals surface area contributed by atoms with E-state index in [9.17, 15) is 13.6 Å². The Hall–Kier alpha value is -3.42. The second kappa shape index (κ2) is 10.5. The minimum atomic E-state index is -2.92. The molecule has 37 heavy (non-hydrogen) atoms. The van der Waals surface area contributed by atoms with Gasteiger partial charge in [-0.25, -0.2) is 4.98 Å². The molecule has 5 rings (SSSR count). The molecular weight excluding hydrogens is 476 g/mol. The molecule has 8 heteroatoms. The number of hydrogen-bond acceptors (Lipinski definition) is 4. The number of carbonyl (C=O) groups is 1. The number of carbonyl (C=O) groups excluding carboxylic acids is 1. The minimum Gasteiger partial charge on any atom is -0.497 e. The highest BCUT2D eigenvalue weighted by atomic mass is 19.3. The van der Waals surface area contributed by atoms with Crippen molar-refractivity contribution in [3.63, 3.8) is 0 Å². The Morgan fingerprint density at radius 3 is 2.32 bits per heavy atom. The number of hydrogen-bond donors (Lipinski definition) is 1. The van der Waals surface area contributed by atoms with Crippen molar-refractivity contribution in [2.24, 2.45) is 11.8 Å². The van der Waals surface area contributed by atoms with E-state index in [0.29, 0.717) is 11.5 Å². The summed E-state index contributed by atoms with van der Waals surface area (Å²) in [5, 5.41) is 2.96. The van der Waals surface area contributed by atoms with E-state index in [4.69, 9.17) is 9.72 Å². The normalized spacial score (nSPS) is 23.1. The summed E-state index contributed by atoms with van der Waals surface area (Å²) in [6.07, 6.45) is 10.5. The molecule has 0 radical (unpaired) electrons. The zero-order chi connectivity index (χ0) is 26.0. The van der Waals surface area contributed by atoms with E-state index >= 15 is 0 Å². The summed E-state index contributed by atoms with van der Waals surface area (Å²) in [6.45, 7) is -0.672. The summed E-state index contributed by atoms with van der Waals surface area (Å²) < 4.78 is 36.6. The van der Waals surface area contributed by atoms with Crippen LogP contribution in [0, 0.1) is 11.8 Å². The number of nitrogens with one attached hydrogen (secondary N) is 1. The second-order valence-corrected chi connectivity index (χ2v) is 10.3. The highest BCUT2D eigenvalue weighted by Gasteiger charge is 2.44. The van der Waals surface area contributed by atoms with Crippen molar-refractivity contribution in [3.05, 3.63) is 66.0 Å². The first kappa shape index (κ1) is 25.2. The standard InChI is InChI=1S/C29H33F2N3O3/c1-3-29(16-19-5-4-6-20(15-19)17-29)25-18-34(22-9-13-23(36-2)14-10-22)28(32-25)33-26(35)21-7-11-24(12-8-21)37-27(30)31/h7-14,18-20,27H,3-6,15-17H2,1-2H3,(H,32,33,35). The Bertz CT molecular complexity index is 1210. The highest BCUT2D eigenvalue weighted by Crippen LogP contribution is 2.51. The maximum atomic E-state index is 13.2. The van der Waals surface area contributed by atoms with Crippen LogP contribution in [0.1, 0.15) is 67.9 Å².